The van der Waals surface area contributed by atoms with Crippen LogP contribution in [-0.4, -0.2) is 24.1 Å². The lowest BCUT2D eigenvalue weighted by Gasteiger charge is -2.35. The molecule has 1 aromatic carbocycles. The van der Waals surface area contributed by atoms with Crippen LogP contribution in [0.15, 0.2) is 49.1 Å². The monoisotopic (exact) mass is 372 g/mol. The average molecular weight is 372 g/mol. The van der Waals surface area contributed by atoms with Crippen molar-refractivity contribution in [3.8, 4) is 0 Å². The van der Waals surface area contributed by atoms with Crippen LogP contribution in [-0.2, 0) is 19.1 Å². The highest BCUT2D eigenvalue weighted by atomic mass is 19.1. The molecule has 0 aromatic heterocycles. The smallest absolute Gasteiger partial charge is 0.333 e. The molecule has 1 aromatic rings. The number of hydrogen-bond donors (Lipinski definition) is 0. The molecule has 0 saturated heterocycles. The van der Waals surface area contributed by atoms with Gasteiger partial charge >= 0.3 is 11.9 Å². The third-order valence-corrected chi connectivity index (χ3v) is 4.66. The second kappa shape index (κ2) is 8.80. The molecule has 0 N–H and O–H groups in total. The van der Waals surface area contributed by atoms with Gasteiger partial charge in [0, 0.05) is 16.7 Å². The molecule has 1 fully saturated rings. The Balaban J connectivity index is 2.20. The van der Waals surface area contributed by atoms with Gasteiger partial charge in [-0.1, -0.05) is 37.9 Å². The number of ether oxygens (including phenoxy) is 2. The maximum Gasteiger partial charge on any atom is 0.333 e. The topological polar surface area (TPSA) is 52.6 Å². The first kappa shape index (κ1) is 20.6. The maximum absolute atomic E-state index is 14.1. The van der Waals surface area contributed by atoms with E-state index in [-0.39, 0.29) is 22.9 Å². The van der Waals surface area contributed by atoms with Gasteiger partial charge in [-0.25, -0.2) is 14.0 Å². The molecule has 0 aliphatic heterocycles. The highest BCUT2D eigenvalue weighted by Gasteiger charge is 2.36. The summed E-state index contributed by atoms with van der Waals surface area (Å²) in [4.78, 5) is 23.9. The van der Waals surface area contributed by atoms with Crippen molar-refractivity contribution in [2.24, 2.45) is 0 Å². The van der Waals surface area contributed by atoms with Crippen LogP contribution in [0.4, 0.5) is 4.39 Å². The molecule has 1 saturated carbocycles. The fourth-order valence-electron chi connectivity index (χ4n) is 3.10. The van der Waals surface area contributed by atoms with Crippen LogP contribution in [0.5, 0.6) is 0 Å². The summed E-state index contributed by atoms with van der Waals surface area (Å²) in [6.45, 7) is 13.9. The number of carbonyl (C=O) groups excluding carboxylic acids is 2. The maximum atomic E-state index is 14.1. The minimum absolute atomic E-state index is 0.0129. The lowest BCUT2D eigenvalue weighted by Crippen LogP contribution is -2.40. The Bertz CT molecular complexity index is 781. The predicted molar refractivity (Wildman–Crippen MR) is 102 cm³/mol. The summed E-state index contributed by atoms with van der Waals surface area (Å²) in [6, 6.07) is 5.02. The standard InChI is InChI=1S/C22H25FO4/c1-6-15-7-8-16(11-18(15)23)17-9-10-19(26-21(24)13(2)3)20(12-17)27-22(25)14(4)5/h6-8,11,17,19-20H,1-2,4,9-10,12H2,3,5H3. The minimum Gasteiger partial charge on any atom is -0.455 e. The summed E-state index contributed by atoms with van der Waals surface area (Å²) >= 11 is 0. The molecule has 144 valence electrons. The zero-order chi connectivity index (χ0) is 20.1. The molecular formula is C22H25FO4. The van der Waals surface area contributed by atoms with Crippen LogP contribution >= 0.6 is 0 Å². The van der Waals surface area contributed by atoms with E-state index in [1.807, 2.05) is 6.07 Å². The van der Waals surface area contributed by atoms with Crippen LogP contribution in [0.3, 0.4) is 0 Å². The summed E-state index contributed by atoms with van der Waals surface area (Å²) in [5.74, 6) is -1.41. The Morgan fingerprint density at radius 3 is 2.19 bits per heavy atom. The first-order valence-electron chi connectivity index (χ1n) is 8.87. The molecule has 4 nitrogen and oxygen atoms in total. The van der Waals surface area contributed by atoms with Crippen LogP contribution in [0.2, 0.25) is 0 Å². The van der Waals surface area contributed by atoms with Crippen LogP contribution in [0.1, 0.15) is 50.2 Å². The Morgan fingerprint density at radius 1 is 1.07 bits per heavy atom. The van der Waals surface area contributed by atoms with Gasteiger partial charge in [-0.2, -0.15) is 0 Å². The van der Waals surface area contributed by atoms with E-state index in [9.17, 15) is 14.0 Å². The molecule has 2 rings (SSSR count). The van der Waals surface area contributed by atoms with Crippen LogP contribution in [0, 0.1) is 5.82 Å². The highest BCUT2D eigenvalue weighted by molar-refractivity contribution is 5.88. The Hall–Kier alpha value is -2.69. The van der Waals surface area contributed by atoms with E-state index in [0.717, 1.165) is 5.56 Å². The number of esters is 2. The summed E-state index contributed by atoms with van der Waals surface area (Å²) in [7, 11) is 0. The second-order valence-electron chi connectivity index (χ2n) is 6.94. The van der Waals surface area contributed by atoms with E-state index in [4.69, 9.17) is 9.47 Å². The number of carbonyl (C=O) groups is 2. The summed E-state index contributed by atoms with van der Waals surface area (Å²) in [5.41, 5.74) is 1.81. The third kappa shape index (κ3) is 5.16. The van der Waals surface area contributed by atoms with Gasteiger partial charge in [0.1, 0.15) is 18.0 Å². The largest absolute Gasteiger partial charge is 0.455 e. The molecule has 1 aliphatic rings. The molecular weight excluding hydrogens is 347 g/mol. The normalized spacial score (nSPS) is 21.8. The Labute approximate surface area is 159 Å². The summed E-state index contributed by atoms with van der Waals surface area (Å²) in [6.07, 6.45) is 1.89. The first-order chi connectivity index (χ1) is 12.7. The van der Waals surface area contributed by atoms with Crippen molar-refractivity contribution in [2.45, 2.75) is 51.2 Å². The highest BCUT2D eigenvalue weighted by Crippen LogP contribution is 2.37. The minimum atomic E-state index is -0.626. The van der Waals surface area contributed by atoms with E-state index in [1.54, 1.807) is 19.9 Å². The number of hydrogen-bond acceptors (Lipinski definition) is 4. The number of benzene rings is 1. The molecule has 0 radical (unpaired) electrons. The van der Waals surface area contributed by atoms with Crippen LogP contribution in [0.25, 0.3) is 6.08 Å². The quantitative estimate of drug-likeness (QED) is 0.536. The van der Waals surface area contributed by atoms with Gasteiger partial charge in [0.25, 0.3) is 0 Å². The van der Waals surface area contributed by atoms with Gasteiger partial charge in [0.2, 0.25) is 0 Å². The summed E-state index contributed by atoms with van der Waals surface area (Å²) in [5, 5.41) is 0. The SMILES string of the molecule is C=Cc1ccc(C2CCC(OC(=O)C(=C)C)C(OC(=O)C(=C)C)C2)cc1F. The molecule has 0 heterocycles. The first-order valence-corrected chi connectivity index (χ1v) is 8.87. The van der Waals surface area contributed by atoms with Crippen molar-refractivity contribution < 1.29 is 23.5 Å². The van der Waals surface area contributed by atoms with Crippen molar-refractivity contribution in [1.29, 1.82) is 0 Å². The lowest BCUT2D eigenvalue weighted by molar-refractivity contribution is -0.167. The molecule has 0 spiro atoms. The average Bonchev–Trinajstić information content (AvgIpc) is 2.62. The number of rotatable bonds is 6. The van der Waals surface area contributed by atoms with E-state index >= 15 is 0 Å². The van der Waals surface area contributed by atoms with Gasteiger partial charge in [-0.3, -0.25) is 0 Å². The van der Waals surface area contributed by atoms with E-state index in [1.165, 1.54) is 12.1 Å². The van der Waals surface area contributed by atoms with Gasteiger partial charge in [0.05, 0.1) is 0 Å². The van der Waals surface area contributed by atoms with Crippen molar-refractivity contribution in [3.63, 3.8) is 0 Å². The van der Waals surface area contributed by atoms with Crippen LogP contribution < -0.4 is 0 Å². The van der Waals surface area contributed by atoms with Gasteiger partial charge in [-0.15, -0.1) is 0 Å². The molecule has 1 aliphatic carbocycles. The van der Waals surface area contributed by atoms with E-state index < -0.39 is 24.1 Å². The van der Waals surface area contributed by atoms with Gasteiger partial charge in [-0.05, 0) is 50.7 Å². The molecule has 0 amide bonds. The van der Waals surface area contributed by atoms with E-state index in [2.05, 4.69) is 19.7 Å². The fourth-order valence-corrected chi connectivity index (χ4v) is 3.10. The lowest BCUT2D eigenvalue weighted by atomic mass is 9.80. The Kier molecular flexibility index (Phi) is 6.72. The molecule has 3 unspecified atom stereocenters. The van der Waals surface area contributed by atoms with Crippen molar-refractivity contribution in [3.05, 3.63) is 66.0 Å². The van der Waals surface area contributed by atoms with Crippen molar-refractivity contribution >= 4 is 18.0 Å². The predicted octanol–water partition coefficient (Wildman–Crippen LogP) is 4.71. The molecule has 5 heteroatoms. The zero-order valence-corrected chi connectivity index (χ0v) is 15.8. The number of halogens is 1. The van der Waals surface area contributed by atoms with E-state index in [0.29, 0.717) is 24.8 Å². The zero-order valence-electron chi connectivity index (χ0n) is 15.8. The second-order valence-corrected chi connectivity index (χ2v) is 6.94. The van der Waals surface area contributed by atoms with Crippen molar-refractivity contribution in [2.75, 3.05) is 0 Å². The Morgan fingerprint density at radius 2 is 1.67 bits per heavy atom. The van der Waals surface area contributed by atoms with Gasteiger partial charge in [0.15, 0.2) is 0 Å². The van der Waals surface area contributed by atoms with Gasteiger partial charge < -0.3 is 9.47 Å². The molecule has 3 atom stereocenters. The summed E-state index contributed by atoms with van der Waals surface area (Å²) < 4.78 is 25.1. The third-order valence-electron chi connectivity index (χ3n) is 4.66. The fraction of sp³-hybridized carbons (Fsp3) is 0.364. The van der Waals surface area contributed by atoms with Crippen molar-refractivity contribution in [1.82, 2.24) is 0 Å². The molecule has 27 heavy (non-hydrogen) atoms. The molecule has 0 bridgehead atoms.